The van der Waals surface area contributed by atoms with E-state index in [1.165, 1.54) is 6.07 Å². The summed E-state index contributed by atoms with van der Waals surface area (Å²) in [5.41, 5.74) is 7.94. The molecule has 0 radical (unpaired) electrons. The molecule has 0 aliphatic rings. The van der Waals surface area contributed by atoms with Crippen molar-refractivity contribution in [1.29, 1.82) is 0 Å². The van der Waals surface area contributed by atoms with Gasteiger partial charge >= 0.3 is 0 Å². The van der Waals surface area contributed by atoms with Crippen molar-refractivity contribution in [2.75, 3.05) is 18.2 Å². The summed E-state index contributed by atoms with van der Waals surface area (Å²) in [5, 5.41) is 12.4. The molecule has 2 aromatic carbocycles. The van der Waals surface area contributed by atoms with E-state index in [1.807, 2.05) is 24.3 Å². The first-order valence-electron chi connectivity index (χ1n) is 5.18. The molecule has 0 saturated heterocycles. The first-order chi connectivity index (χ1) is 8.19. The Morgan fingerprint density at radius 3 is 2.41 bits per heavy atom. The molecule has 0 fully saturated rings. The van der Waals surface area contributed by atoms with Crippen molar-refractivity contribution >= 4 is 17.1 Å². The lowest BCUT2D eigenvalue weighted by Gasteiger charge is -2.10. The van der Waals surface area contributed by atoms with Crippen LogP contribution in [0.4, 0.5) is 17.1 Å². The largest absolute Gasteiger partial charge is 0.508 e. The number of rotatable bonds is 3. The Morgan fingerprint density at radius 2 is 1.82 bits per heavy atom. The van der Waals surface area contributed by atoms with Gasteiger partial charge in [0.05, 0.1) is 18.5 Å². The number of phenols is 1. The quantitative estimate of drug-likeness (QED) is 0.560. The summed E-state index contributed by atoms with van der Waals surface area (Å²) in [7, 11) is 1.63. The van der Waals surface area contributed by atoms with E-state index >= 15 is 0 Å². The van der Waals surface area contributed by atoms with Crippen LogP contribution in [0.25, 0.3) is 0 Å². The van der Waals surface area contributed by atoms with Crippen LogP contribution in [-0.2, 0) is 0 Å². The molecule has 4 nitrogen and oxygen atoms in total. The molecule has 88 valence electrons. The van der Waals surface area contributed by atoms with Gasteiger partial charge in [-0.3, -0.25) is 0 Å². The molecule has 4 heteroatoms. The molecule has 4 N–H and O–H groups in total. The highest BCUT2D eigenvalue weighted by molar-refractivity contribution is 5.73. The van der Waals surface area contributed by atoms with Gasteiger partial charge in [0.2, 0.25) is 0 Å². The third kappa shape index (κ3) is 2.60. The maximum absolute atomic E-state index is 9.25. The van der Waals surface area contributed by atoms with Crippen LogP contribution < -0.4 is 15.8 Å². The molecule has 0 unspecified atom stereocenters. The zero-order valence-electron chi connectivity index (χ0n) is 9.47. The molecule has 0 amide bonds. The number of nitrogens with one attached hydrogen (secondary N) is 1. The third-order valence-corrected chi connectivity index (χ3v) is 2.40. The minimum Gasteiger partial charge on any atom is -0.508 e. The second-order valence-electron chi connectivity index (χ2n) is 3.63. The summed E-state index contributed by atoms with van der Waals surface area (Å²) >= 11 is 0. The maximum atomic E-state index is 9.25. The summed E-state index contributed by atoms with van der Waals surface area (Å²) in [6.45, 7) is 0. The minimum absolute atomic E-state index is 0.155. The summed E-state index contributed by atoms with van der Waals surface area (Å²) < 4.78 is 5.07. The van der Waals surface area contributed by atoms with Crippen LogP contribution >= 0.6 is 0 Å². The lowest BCUT2D eigenvalue weighted by Crippen LogP contribution is -1.95. The Morgan fingerprint density at radius 1 is 1.12 bits per heavy atom. The van der Waals surface area contributed by atoms with Gasteiger partial charge in [-0.05, 0) is 36.4 Å². The third-order valence-electron chi connectivity index (χ3n) is 2.40. The fraction of sp³-hybridized carbons (Fsp3) is 0.0769. The van der Waals surface area contributed by atoms with Crippen molar-refractivity contribution in [3.63, 3.8) is 0 Å². The number of ether oxygens (including phenoxy) is 1. The van der Waals surface area contributed by atoms with E-state index in [0.717, 1.165) is 17.1 Å². The SMILES string of the molecule is COc1ccc(Nc2ccc(O)cc2N)cc1. The molecule has 0 spiro atoms. The predicted molar refractivity (Wildman–Crippen MR) is 68.8 cm³/mol. The molecule has 0 aliphatic heterocycles. The zero-order valence-corrected chi connectivity index (χ0v) is 9.47. The van der Waals surface area contributed by atoms with E-state index in [0.29, 0.717) is 5.69 Å². The van der Waals surface area contributed by atoms with Crippen LogP contribution in [0, 0.1) is 0 Å². The average Bonchev–Trinajstić information content (AvgIpc) is 2.34. The maximum Gasteiger partial charge on any atom is 0.119 e. The van der Waals surface area contributed by atoms with E-state index in [-0.39, 0.29) is 5.75 Å². The summed E-state index contributed by atoms with van der Waals surface area (Å²) in [6, 6.07) is 12.3. The van der Waals surface area contributed by atoms with Crippen LogP contribution in [-0.4, -0.2) is 12.2 Å². The Bertz CT molecular complexity index is 509. The van der Waals surface area contributed by atoms with Crippen molar-refractivity contribution in [1.82, 2.24) is 0 Å². The van der Waals surface area contributed by atoms with E-state index in [4.69, 9.17) is 10.5 Å². The number of hydrogen-bond acceptors (Lipinski definition) is 4. The summed E-state index contributed by atoms with van der Waals surface area (Å²) in [6.07, 6.45) is 0. The minimum atomic E-state index is 0.155. The summed E-state index contributed by atoms with van der Waals surface area (Å²) in [5.74, 6) is 0.956. The van der Waals surface area contributed by atoms with Gasteiger partial charge in [0.15, 0.2) is 0 Å². The first kappa shape index (κ1) is 11.1. The highest BCUT2D eigenvalue weighted by Crippen LogP contribution is 2.27. The number of nitrogens with two attached hydrogens (primary N) is 1. The molecule has 0 aromatic heterocycles. The van der Waals surface area contributed by atoms with Crippen molar-refractivity contribution in [3.8, 4) is 11.5 Å². The number of benzene rings is 2. The Balaban J connectivity index is 2.19. The zero-order chi connectivity index (χ0) is 12.3. The first-order valence-corrected chi connectivity index (χ1v) is 5.18. The van der Waals surface area contributed by atoms with Crippen LogP contribution in [0.3, 0.4) is 0 Å². The van der Waals surface area contributed by atoms with E-state index < -0.39 is 0 Å². The topological polar surface area (TPSA) is 67.5 Å². The Kier molecular flexibility index (Phi) is 3.05. The molecule has 2 rings (SSSR count). The smallest absolute Gasteiger partial charge is 0.119 e. The number of nitrogen functional groups attached to an aromatic ring is 1. The molecule has 0 atom stereocenters. The van der Waals surface area contributed by atoms with Crippen molar-refractivity contribution in [2.24, 2.45) is 0 Å². The molecule has 17 heavy (non-hydrogen) atoms. The number of anilines is 3. The van der Waals surface area contributed by atoms with Gasteiger partial charge in [-0.2, -0.15) is 0 Å². The van der Waals surface area contributed by atoms with Crippen LogP contribution in [0.2, 0.25) is 0 Å². The van der Waals surface area contributed by atoms with E-state index in [9.17, 15) is 5.11 Å². The highest BCUT2D eigenvalue weighted by Gasteiger charge is 2.01. The van der Waals surface area contributed by atoms with Gasteiger partial charge < -0.3 is 20.9 Å². The average molecular weight is 230 g/mol. The second kappa shape index (κ2) is 4.65. The van der Waals surface area contributed by atoms with E-state index in [1.54, 1.807) is 19.2 Å². The molecule has 0 saturated carbocycles. The Labute approximate surface area is 99.7 Å². The molecule has 0 bridgehead atoms. The van der Waals surface area contributed by atoms with Crippen molar-refractivity contribution in [2.45, 2.75) is 0 Å². The normalized spacial score (nSPS) is 9.94. The molecule has 2 aromatic rings. The van der Waals surface area contributed by atoms with Crippen LogP contribution in [0.5, 0.6) is 11.5 Å². The van der Waals surface area contributed by atoms with Gasteiger partial charge in [-0.15, -0.1) is 0 Å². The van der Waals surface area contributed by atoms with Gasteiger partial charge in [0.1, 0.15) is 11.5 Å². The number of hydrogen-bond donors (Lipinski definition) is 3. The van der Waals surface area contributed by atoms with Gasteiger partial charge in [0.25, 0.3) is 0 Å². The van der Waals surface area contributed by atoms with Crippen LogP contribution in [0.1, 0.15) is 0 Å². The highest BCUT2D eigenvalue weighted by atomic mass is 16.5. The van der Waals surface area contributed by atoms with E-state index in [2.05, 4.69) is 5.32 Å². The van der Waals surface area contributed by atoms with Gasteiger partial charge in [-0.1, -0.05) is 0 Å². The predicted octanol–water partition coefficient (Wildman–Crippen LogP) is 2.73. The number of phenolic OH excluding ortho intramolecular Hbond substituents is 1. The van der Waals surface area contributed by atoms with Gasteiger partial charge in [0, 0.05) is 11.8 Å². The molecule has 0 aliphatic carbocycles. The number of aromatic hydroxyl groups is 1. The standard InChI is InChI=1S/C13H14N2O2/c1-17-11-5-2-9(3-6-11)15-13-7-4-10(16)8-12(13)14/h2-8,15-16H,14H2,1H3. The lowest BCUT2D eigenvalue weighted by atomic mass is 10.2. The summed E-state index contributed by atoms with van der Waals surface area (Å²) in [4.78, 5) is 0. The van der Waals surface area contributed by atoms with Crippen molar-refractivity contribution < 1.29 is 9.84 Å². The monoisotopic (exact) mass is 230 g/mol. The fourth-order valence-electron chi connectivity index (χ4n) is 1.49. The number of methoxy groups -OCH3 is 1. The fourth-order valence-corrected chi connectivity index (χ4v) is 1.49. The molecular weight excluding hydrogens is 216 g/mol. The van der Waals surface area contributed by atoms with Gasteiger partial charge in [-0.25, -0.2) is 0 Å². The van der Waals surface area contributed by atoms with Crippen LogP contribution in [0.15, 0.2) is 42.5 Å². The van der Waals surface area contributed by atoms with Crippen molar-refractivity contribution in [3.05, 3.63) is 42.5 Å². The Hall–Kier alpha value is -2.36. The molecule has 0 heterocycles. The lowest BCUT2D eigenvalue weighted by molar-refractivity contribution is 0.415. The second-order valence-corrected chi connectivity index (χ2v) is 3.63. The molecular formula is C13H14N2O2.